The number of amides is 1. The average Bonchev–Trinajstić information content (AvgIpc) is 3.21. The molecule has 0 bridgehead atoms. The second-order valence-electron chi connectivity index (χ2n) is 6.79. The summed E-state index contributed by atoms with van der Waals surface area (Å²) in [6.07, 6.45) is 8.71. The van der Waals surface area contributed by atoms with Crippen LogP contribution in [0.15, 0.2) is 60.9 Å². The molecule has 1 fully saturated rings. The van der Waals surface area contributed by atoms with E-state index in [0.29, 0.717) is 5.02 Å². The molecule has 3 aromatic rings. The van der Waals surface area contributed by atoms with Crippen LogP contribution in [-0.2, 0) is 9.53 Å². The third kappa shape index (κ3) is 4.61. The Balaban J connectivity index is 1.37. The highest BCUT2D eigenvalue weighted by Crippen LogP contribution is 2.26. The van der Waals surface area contributed by atoms with Crippen molar-refractivity contribution in [2.75, 3.05) is 11.9 Å². The lowest BCUT2D eigenvalue weighted by molar-refractivity contribution is -0.112. The Morgan fingerprint density at radius 2 is 1.89 bits per heavy atom. The van der Waals surface area contributed by atoms with Gasteiger partial charge in [0.15, 0.2) is 0 Å². The van der Waals surface area contributed by atoms with Crippen molar-refractivity contribution in [1.82, 2.24) is 9.78 Å². The van der Waals surface area contributed by atoms with Crippen molar-refractivity contribution in [1.29, 1.82) is 0 Å². The average molecular weight is 395 g/mol. The van der Waals surface area contributed by atoms with Gasteiger partial charge >= 0.3 is 0 Å². The molecule has 1 unspecified atom stereocenters. The molecule has 1 aliphatic rings. The normalized spacial score (nSPS) is 16.7. The Labute approximate surface area is 169 Å². The van der Waals surface area contributed by atoms with Crippen molar-refractivity contribution in [2.24, 2.45) is 0 Å². The number of benzene rings is 2. The van der Waals surface area contributed by atoms with Gasteiger partial charge in [-0.25, -0.2) is 4.68 Å². The number of hydrogen-bond acceptors (Lipinski definition) is 3. The first-order valence-electron chi connectivity index (χ1n) is 9.35. The number of nitrogens with one attached hydrogen (secondary N) is 1. The lowest BCUT2D eigenvalue weighted by atomic mass is 10.1. The maximum atomic E-state index is 12.2. The van der Waals surface area contributed by atoms with Crippen LogP contribution in [0.4, 0.5) is 5.69 Å². The minimum Gasteiger partial charge on any atom is -0.357 e. The summed E-state index contributed by atoms with van der Waals surface area (Å²) in [6.45, 7) is 0.793. The molecule has 0 spiro atoms. The SMILES string of the molecule is O=C([CH]c1ccc(Cl)cc1)Nc1ccc(-c2cnn(C3CCCCO3)c2)cc1. The molecule has 0 aliphatic carbocycles. The Morgan fingerprint density at radius 1 is 1.11 bits per heavy atom. The molecule has 4 rings (SSSR count). The molecule has 1 atom stereocenters. The van der Waals surface area contributed by atoms with Gasteiger partial charge in [-0.15, -0.1) is 0 Å². The number of aromatic nitrogens is 2. The van der Waals surface area contributed by atoms with Crippen molar-refractivity contribution in [3.8, 4) is 11.1 Å². The standard InChI is InChI=1S/C22H21ClN3O2/c23-19-8-4-16(5-9-19)13-21(27)25-20-10-6-17(7-11-20)18-14-24-26(15-18)22-3-1-2-12-28-22/h4-11,13-15,22H,1-3,12H2,(H,25,27). The molecule has 2 heterocycles. The Hall–Kier alpha value is -2.63. The van der Waals surface area contributed by atoms with Crippen LogP contribution in [0, 0.1) is 6.42 Å². The Morgan fingerprint density at radius 3 is 2.61 bits per heavy atom. The van der Waals surface area contributed by atoms with Gasteiger partial charge in [0.2, 0.25) is 5.91 Å². The summed E-state index contributed by atoms with van der Waals surface area (Å²) in [4.78, 5) is 12.2. The maximum Gasteiger partial charge on any atom is 0.233 e. The van der Waals surface area contributed by atoms with Crippen molar-refractivity contribution in [2.45, 2.75) is 25.5 Å². The first-order valence-corrected chi connectivity index (χ1v) is 9.73. The molecule has 1 aliphatic heterocycles. The molecule has 1 aromatic heterocycles. The minimum atomic E-state index is -0.183. The predicted octanol–water partition coefficient (Wildman–Crippen LogP) is 5.09. The fourth-order valence-corrected chi connectivity index (χ4v) is 3.34. The molecule has 0 saturated carbocycles. The number of carbonyl (C=O) groups excluding carboxylic acids is 1. The van der Waals surface area contributed by atoms with Gasteiger partial charge in [0.1, 0.15) is 6.23 Å². The molecule has 1 saturated heterocycles. The van der Waals surface area contributed by atoms with E-state index >= 15 is 0 Å². The number of halogens is 1. The maximum absolute atomic E-state index is 12.2. The van der Waals surface area contributed by atoms with Gasteiger partial charge in [0.25, 0.3) is 0 Å². The zero-order chi connectivity index (χ0) is 19.3. The van der Waals surface area contributed by atoms with Crippen LogP contribution in [0.1, 0.15) is 31.1 Å². The molecule has 1 amide bonds. The summed E-state index contributed by atoms with van der Waals surface area (Å²) in [5.41, 5.74) is 3.61. The lowest BCUT2D eigenvalue weighted by Crippen LogP contribution is -2.18. The number of nitrogens with zero attached hydrogens (tertiary/aromatic N) is 2. The Bertz CT molecular complexity index is 929. The second kappa shape index (κ2) is 8.59. The van der Waals surface area contributed by atoms with E-state index in [4.69, 9.17) is 16.3 Å². The van der Waals surface area contributed by atoms with Gasteiger partial charge in [-0.2, -0.15) is 5.10 Å². The number of ether oxygens (including phenoxy) is 1. The van der Waals surface area contributed by atoms with Crippen LogP contribution in [0.3, 0.4) is 0 Å². The smallest absolute Gasteiger partial charge is 0.233 e. The molecule has 6 heteroatoms. The minimum absolute atomic E-state index is 0.0319. The third-order valence-electron chi connectivity index (χ3n) is 4.71. The van der Waals surface area contributed by atoms with Gasteiger partial charge in [0.05, 0.1) is 12.6 Å². The molecule has 2 aromatic carbocycles. The van der Waals surface area contributed by atoms with E-state index in [2.05, 4.69) is 10.4 Å². The number of carbonyl (C=O) groups is 1. The van der Waals surface area contributed by atoms with Gasteiger partial charge < -0.3 is 10.1 Å². The summed E-state index contributed by atoms with van der Waals surface area (Å²) < 4.78 is 7.67. The van der Waals surface area contributed by atoms with Gasteiger partial charge in [0, 0.05) is 29.1 Å². The van der Waals surface area contributed by atoms with E-state index in [1.165, 1.54) is 6.42 Å². The van der Waals surface area contributed by atoms with Gasteiger partial charge in [-0.05, 0) is 54.7 Å². The van der Waals surface area contributed by atoms with Crippen molar-refractivity contribution < 1.29 is 9.53 Å². The quantitative estimate of drug-likeness (QED) is 0.655. The highest BCUT2D eigenvalue weighted by atomic mass is 35.5. The topological polar surface area (TPSA) is 56.2 Å². The van der Waals surface area contributed by atoms with Gasteiger partial charge in [-0.3, -0.25) is 4.79 Å². The van der Waals surface area contributed by atoms with Crippen LogP contribution < -0.4 is 5.32 Å². The molecule has 1 radical (unpaired) electrons. The van der Waals surface area contributed by atoms with E-state index in [9.17, 15) is 4.79 Å². The highest BCUT2D eigenvalue weighted by molar-refractivity contribution is 6.30. The van der Waals surface area contributed by atoms with E-state index in [1.807, 2.05) is 41.3 Å². The first-order chi connectivity index (χ1) is 13.7. The second-order valence-corrected chi connectivity index (χ2v) is 7.23. The summed E-state index contributed by atoms with van der Waals surface area (Å²) in [5, 5.41) is 7.96. The highest BCUT2D eigenvalue weighted by Gasteiger charge is 2.16. The fourth-order valence-electron chi connectivity index (χ4n) is 3.21. The largest absolute Gasteiger partial charge is 0.357 e. The van der Waals surface area contributed by atoms with Crippen LogP contribution in [-0.4, -0.2) is 22.3 Å². The van der Waals surface area contributed by atoms with Gasteiger partial charge in [-0.1, -0.05) is 35.9 Å². The Kier molecular flexibility index (Phi) is 5.74. The number of anilines is 1. The van der Waals surface area contributed by atoms with Crippen LogP contribution in [0.5, 0.6) is 0 Å². The molecular formula is C22H21ClN3O2. The number of rotatable bonds is 5. The molecule has 143 valence electrons. The van der Waals surface area contributed by atoms with E-state index in [1.54, 1.807) is 30.7 Å². The van der Waals surface area contributed by atoms with Crippen LogP contribution in [0.25, 0.3) is 11.1 Å². The van der Waals surface area contributed by atoms with Crippen molar-refractivity contribution >= 4 is 23.2 Å². The fraction of sp³-hybridized carbons (Fsp3) is 0.227. The van der Waals surface area contributed by atoms with E-state index < -0.39 is 0 Å². The predicted molar refractivity (Wildman–Crippen MR) is 110 cm³/mol. The van der Waals surface area contributed by atoms with E-state index in [-0.39, 0.29) is 12.1 Å². The third-order valence-corrected chi connectivity index (χ3v) is 4.96. The summed E-state index contributed by atoms with van der Waals surface area (Å²) in [5.74, 6) is -0.183. The first kappa shape index (κ1) is 18.7. The summed E-state index contributed by atoms with van der Waals surface area (Å²) in [7, 11) is 0. The molecule has 1 N–H and O–H groups in total. The van der Waals surface area contributed by atoms with Crippen molar-refractivity contribution in [3.63, 3.8) is 0 Å². The zero-order valence-electron chi connectivity index (χ0n) is 15.3. The summed E-state index contributed by atoms with van der Waals surface area (Å²) in [6, 6.07) is 14.8. The zero-order valence-corrected chi connectivity index (χ0v) is 16.1. The van der Waals surface area contributed by atoms with Crippen LogP contribution >= 0.6 is 11.6 Å². The number of hydrogen-bond donors (Lipinski definition) is 1. The van der Waals surface area contributed by atoms with Crippen LogP contribution in [0.2, 0.25) is 5.02 Å². The summed E-state index contributed by atoms with van der Waals surface area (Å²) >= 11 is 5.86. The molecular weight excluding hydrogens is 374 g/mol. The molecule has 5 nitrogen and oxygen atoms in total. The molecule has 28 heavy (non-hydrogen) atoms. The van der Waals surface area contributed by atoms with Crippen molar-refractivity contribution in [3.05, 3.63) is 77.9 Å². The monoisotopic (exact) mass is 394 g/mol. The van der Waals surface area contributed by atoms with E-state index in [0.717, 1.165) is 41.8 Å². The lowest BCUT2D eigenvalue weighted by Gasteiger charge is -2.22.